The topological polar surface area (TPSA) is 76.9 Å². The quantitative estimate of drug-likeness (QED) is 0.740. The number of aliphatic hydroxyl groups excluding tert-OH is 2. The Morgan fingerprint density at radius 1 is 1.30 bits per heavy atom. The number of amides is 2. The van der Waals surface area contributed by atoms with Crippen molar-refractivity contribution in [2.45, 2.75) is 19.0 Å². The summed E-state index contributed by atoms with van der Waals surface area (Å²) >= 11 is 6.29. The lowest BCUT2D eigenvalue weighted by molar-refractivity contribution is 0.0953. The third kappa shape index (κ3) is 4.77. The van der Waals surface area contributed by atoms with E-state index in [1.165, 1.54) is 35.4 Å². The molecule has 6 nitrogen and oxygen atoms in total. The fourth-order valence-corrected chi connectivity index (χ4v) is 3.50. The van der Waals surface area contributed by atoms with Crippen molar-refractivity contribution < 1.29 is 23.8 Å². The van der Waals surface area contributed by atoms with Gasteiger partial charge in [0.05, 0.1) is 17.3 Å². The minimum atomic E-state index is -2.55. The normalized spacial score (nSPS) is 15.2. The molecule has 0 fully saturated rings. The minimum absolute atomic E-state index is 0.0907. The summed E-state index contributed by atoms with van der Waals surface area (Å²) in [6.45, 7) is 0.380. The first-order valence-corrected chi connectivity index (χ1v) is 9.74. The number of carbonyl (C=O) groups excluding carboxylic acids is 1. The van der Waals surface area contributed by atoms with Crippen LogP contribution in [0.4, 0.5) is 19.3 Å². The number of aliphatic hydroxyl groups is 2. The Bertz CT molecular complexity index is 938. The van der Waals surface area contributed by atoms with Gasteiger partial charge in [-0.3, -0.25) is 9.88 Å². The van der Waals surface area contributed by atoms with Crippen LogP contribution in [0.5, 0.6) is 0 Å². The van der Waals surface area contributed by atoms with Gasteiger partial charge in [-0.1, -0.05) is 29.8 Å². The van der Waals surface area contributed by atoms with Crippen LogP contribution in [0.1, 0.15) is 35.8 Å². The number of carbonyl (C=O) groups is 1. The van der Waals surface area contributed by atoms with Gasteiger partial charge < -0.3 is 15.1 Å². The molecule has 0 aliphatic carbocycles. The van der Waals surface area contributed by atoms with E-state index in [9.17, 15) is 18.7 Å². The van der Waals surface area contributed by atoms with Gasteiger partial charge in [0.1, 0.15) is 6.10 Å². The van der Waals surface area contributed by atoms with Gasteiger partial charge in [0.25, 0.3) is 6.43 Å². The summed E-state index contributed by atoms with van der Waals surface area (Å²) in [5, 5.41) is 19.1. The first-order valence-electron chi connectivity index (χ1n) is 9.36. The molecular weight excluding hydrogens is 416 g/mol. The Morgan fingerprint density at radius 3 is 2.53 bits per heavy atom. The molecule has 2 N–H and O–H groups in total. The smallest absolute Gasteiger partial charge is 0.324 e. The van der Waals surface area contributed by atoms with Crippen LogP contribution < -0.4 is 4.90 Å². The molecular formula is C21H22ClF2N3O3. The highest BCUT2D eigenvalue weighted by Crippen LogP contribution is 2.29. The number of anilines is 1. The van der Waals surface area contributed by atoms with Gasteiger partial charge in [-0.05, 0) is 30.2 Å². The molecule has 1 aromatic carbocycles. The molecule has 1 atom stereocenters. The van der Waals surface area contributed by atoms with E-state index >= 15 is 0 Å². The second-order valence-corrected chi connectivity index (χ2v) is 7.36. The van der Waals surface area contributed by atoms with Crippen molar-refractivity contribution in [3.63, 3.8) is 0 Å². The molecule has 30 heavy (non-hydrogen) atoms. The summed E-state index contributed by atoms with van der Waals surface area (Å²) in [6, 6.07) is 6.94. The minimum Gasteiger partial charge on any atom is -0.393 e. The maximum absolute atomic E-state index is 12.8. The lowest BCUT2D eigenvalue weighted by Gasteiger charge is -2.31. The second-order valence-electron chi connectivity index (χ2n) is 6.96. The number of urea groups is 1. The van der Waals surface area contributed by atoms with E-state index in [1.54, 1.807) is 18.0 Å². The van der Waals surface area contributed by atoms with Crippen LogP contribution in [0.25, 0.3) is 5.57 Å². The number of pyridine rings is 1. The number of halogens is 3. The fraction of sp³-hybridized carbons (Fsp3) is 0.333. The van der Waals surface area contributed by atoms with Gasteiger partial charge in [-0.2, -0.15) is 0 Å². The predicted octanol–water partition coefficient (Wildman–Crippen LogP) is 4.04. The molecule has 1 aromatic heterocycles. The molecule has 9 heteroatoms. The highest BCUT2D eigenvalue weighted by atomic mass is 35.5. The molecule has 1 aliphatic heterocycles. The third-order valence-corrected chi connectivity index (χ3v) is 5.31. The molecule has 2 heterocycles. The van der Waals surface area contributed by atoms with Crippen molar-refractivity contribution in [3.8, 4) is 0 Å². The van der Waals surface area contributed by atoms with Gasteiger partial charge in [-0.15, -0.1) is 0 Å². The van der Waals surface area contributed by atoms with Crippen molar-refractivity contribution in [2.75, 3.05) is 31.6 Å². The Labute approximate surface area is 178 Å². The standard InChI is InChI=1S/C21H22ClF2N3O3/c1-26(16-4-2-14(3-5-16)20(23)24)21(30)27-8-6-13(7-9-27)19-17(22)10-15(11-25-19)18(29)12-28/h2-6,10-11,18,20,28-29H,7-9,12H2,1H3/t18-/m1/s1. The van der Waals surface area contributed by atoms with Crippen molar-refractivity contribution in [1.82, 2.24) is 9.88 Å². The molecule has 0 saturated carbocycles. The molecule has 0 saturated heterocycles. The molecule has 0 unspecified atom stereocenters. The number of alkyl halides is 2. The zero-order valence-corrected chi connectivity index (χ0v) is 17.1. The van der Waals surface area contributed by atoms with Crippen LogP contribution in [0.15, 0.2) is 42.6 Å². The molecule has 0 spiro atoms. The van der Waals surface area contributed by atoms with E-state index in [2.05, 4.69) is 4.98 Å². The summed E-state index contributed by atoms with van der Waals surface area (Å²) in [5.41, 5.74) is 2.33. The SMILES string of the molecule is CN(C(=O)N1CC=C(c2ncc([C@H](O)CO)cc2Cl)CC1)c1ccc(C(F)F)cc1. The lowest BCUT2D eigenvalue weighted by Crippen LogP contribution is -2.43. The van der Waals surface area contributed by atoms with Crippen LogP contribution in [0, 0.1) is 0 Å². The van der Waals surface area contributed by atoms with E-state index in [0.29, 0.717) is 41.5 Å². The zero-order chi connectivity index (χ0) is 21.8. The van der Waals surface area contributed by atoms with Crippen LogP contribution in [0.2, 0.25) is 5.02 Å². The van der Waals surface area contributed by atoms with E-state index in [4.69, 9.17) is 16.7 Å². The Morgan fingerprint density at radius 2 is 2.00 bits per heavy atom. The first-order chi connectivity index (χ1) is 14.3. The van der Waals surface area contributed by atoms with Crippen LogP contribution in [-0.4, -0.2) is 52.9 Å². The molecule has 160 valence electrons. The highest BCUT2D eigenvalue weighted by molar-refractivity contribution is 6.32. The predicted molar refractivity (Wildman–Crippen MR) is 111 cm³/mol. The maximum atomic E-state index is 12.8. The highest BCUT2D eigenvalue weighted by Gasteiger charge is 2.23. The van der Waals surface area contributed by atoms with Crippen molar-refractivity contribution in [1.29, 1.82) is 0 Å². The Hall–Kier alpha value is -2.55. The zero-order valence-electron chi connectivity index (χ0n) is 16.3. The Kier molecular flexibility index (Phi) is 7.02. The molecule has 2 amide bonds. The third-order valence-electron chi connectivity index (χ3n) is 5.02. The van der Waals surface area contributed by atoms with Crippen LogP contribution in [0.3, 0.4) is 0 Å². The second kappa shape index (κ2) is 9.51. The largest absolute Gasteiger partial charge is 0.393 e. The number of nitrogens with zero attached hydrogens (tertiary/aromatic N) is 3. The molecule has 2 aromatic rings. The maximum Gasteiger partial charge on any atom is 0.324 e. The summed E-state index contributed by atoms with van der Waals surface area (Å²) in [7, 11) is 1.60. The molecule has 0 radical (unpaired) electrons. The van der Waals surface area contributed by atoms with Gasteiger partial charge in [-0.25, -0.2) is 13.6 Å². The van der Waals surface area contributed by atoms with E-state index in [0.717, 1.165) is 5.57 Å². The average Bonchev–Trinajstić information content (AvgIpc) is 2.77. The molecule has 1 aliphatic rings. The van der Waals surface area contributed by atoms with Gasteiger partial charge in [0, 0.05) is 43.1 Å². The first kappa shape index (κ1) is 22.1. The lowest BCUT2D eigenvalue weighted by atomic mass is 10.0. The van der Waals surface area contributed by atoms with Crippen LogP contribution in [-0.2, 0) is 0 Å². The van der Waals surface area contributed by atoms with Gasteiger partial charge in [0.15, 0.2) is 0 Å². The number of hydrogen-bond donors (Lipinski definition) is 2. The molecule has 3 rings (SSSR count). The van der Waals surface area contributed by atoms with Crippen molar-refractivity contribution >= 4 is 28.9 Å². The summed E-state index contributed by atoms with van der Waals surface area (Å²) in [6.07, 6.45) is 0.288. The number of aromatic nitrogens is 1. The van der Waals surface area contributed by atoms with Crippen molar-refractivity contribution in [2.24, 2.45) is 0 Å². The van der Waals surface area contributed by atoms with E-state index < -0.39 is 19.1 Å². The fourth-order valence-electron chi connectivity index (χ4n) is 3.20. The molecule has 0 bridgehead atoms. The number of rotatable bonds is 5. The van der Waals surface area contributed by atoms with E-state index in [1.807, 2.05) is 6.08 Å². The van der Waals surface area contributed by atoms with Gasteiger partial charge in [0.2, 0.25) is 0 Å². The van der Waals surface area contributed by atoms with Crippen LogP contribution >= 0.6 is 11.6 Å². The summed E-state index contributed by atoms with van der Waals surface area (Å²) in [5.74, 6) is 0. The average molecular weight is 438 g/mol. The monoisotopic (exact) mass is 437 g/mol. The summed E-state index contributed by atoms with van der Waals surface area (Å²) in [4.78, 5) is 20.1. The van der Waals surface area contributed by atoms with E-state index in [-0.39, 0.29) is 11.6 Å². The van der Waals surface area contributed by atoms with Gasteiger partial charge >= 0.3 is 6.03 Å². The number of hydrogen-bond acceptors (Lipinski definition) is 4. The Balaban J connectivity index is 1.68. The summed E-state index contributed by atoms with van der Waals surface area (Å²) < 4.78 is 25.4. The number of benzene rings is 1. The van der Waals surface area contributed by atoms with Crippen molar-refractivity contribution in [3.05, 3.63) is 64.4 Å².